The molecule has 0 aliphatic carbocycles. The molecule has 0 amide bonds. The van der Waals surface area contributed by atoms with E-state index >= 15 is 0 Å². The minimum absolute atomic E-state index is 0.102. The predicted octanol–water partition coefficient (Wildman–Crippen LogP) is 0.578. The number of aromatic nitrogens is 1. The molecule has 1 aliphatic rings. The van der Waals surface area contributed by atoms with E-state index in [1.165, 1.54) is 18.8 Å². The van der Waals surface area contributed by atoms with E-state index in [1.54, 1.807) is 18.3 Å². The molecule has 0 saturated carbocycles. The normalized spacial score (nSPS) is 17.7. The molecular weight excluding hydrogens is 238 g/mol. The number of carbonyl (C=O) groups is 3. The highest BCUT2D eigenvalue weighted by atomic mass is 16.5. The Balaban J connectivity index is 2.37. The number of hydrogen-bond acceptors (Lipinski definition) is 5. The largest absolute Gasteiger partial charge is 0.468 e. The lowest BCUT2D eigenvalue weighted by atomic mass is 9.88. The van der Waals surface area contributed by atoms with Crippen LogP contribution in [-0.2, 0) is 19.1 Å². The van der Waals surface area contributed by atoms with E-state index in [2.05, 4.69) is 9.47 Å². The second kappa shape index (κ2) is 4.64. The van der Waals surface area contributed by atoms with Crippen LogP contribution in [0.2, 0.25) is 0 Å². The van der Waals surface area contributed by atoms with Gasteiger partial charge in [0.1, 0.15) is 0 Å². The Morgan fingerprint density at radius 3 is 2.50 bits per heavy atom. The van der Waals surface area contributed by atoms with Gasteiger partial charge in [-0.2, -0.15) is 0 Å². The topological polar surface area (TPSA) is 74.6 Å². The lowest BCUT2D eigenvalue weighted by Gasteiger charge is -2.17. The van der Waals surface area contributed by atoms with E-state index in [9.17, 15) is 14.4 Å². The third-order valence-corrected chi connectivity index (χ3v) is 3.14. The predicted molar refractivity (Wildman–Crippen MR) is 59.9 cm³/mol. The summed E-state index contributed by atoms with van der Waals surface area (Å²) >= 11 is 0. The fourth-order valence-corrected chi connectivity index (χ4v) is 2.28. The second-order valence-electron chi connectivity index (χ2n) is 4.03. The number of fused-ring (bicyclic) bond motifs is 1. The Labute approximate surface area is 103 Å². The molecule has 0 N–H and O–H groups in total. The van der Waals surface area contributed by atoms with Gasteiger partial charge < -0.3 is 9.47 Å². The molecule has 1 unspecified atom stereocenters. The Morgan fingerprint density at radius 1 is 1.33 bits per heavy atom. The summed E-state index contributed by atoms with van der Waals surface area (Å²) in [5.41, 5.74) is 0.640. The molecule has 96 valence electrons. The van der Waals surface area contributed by atoms with Crippen LogP contribution in [-0.4, -0.2) is 36.6 Å². The van der Waals surface area contributed by atoms with Crippen LogP contribution in [0.15, 0.2) is 18.3 Å². The Morgan fingerprint density at radius 2 is 1.94 bits per heavy atom. The van der Waals surface area contributed by atoms with Crippen molar-refractivity contribution in [1.29, 1.82) is 0 Å². The quantitative estimate of drug-likeness (QED) is 0.580. The minimum atomic E-state index is -1.10. The number of nitrogens with zero attached hydrogens (tertiary/aromatic N) is 1. The monoisotopic (exact) mass is 251 g/mol. The van der Waals surface area contributed by atoms with Crippen LogP contribution in [0.25, 0.3) is 0 Å². The van der Waals surface area contributed by atoms with E-state index in [0.717, 1.165) is 0 Å². The standard InChI is InChI=1S/C12H13NO5/c1-17-11(15)10(12(16)18-2)7-6-9(14)13-5-3-4-8(7)13/h3-5,7,10H,6H2,1-2H3. The highest BCUT2D eigenvalue weighted by molar-refractivity contribution is 5.98. The van der Waals surface area contributed by atoms with Crippen LogP contribution in [0, 0.1) is 5.92 Å². The first-order chi connectivity index (χ1) is 8.60. The highest BCUT2D eigenvalue weighted by Gasteiger charge is 2.43. The molecule has 0 spiro atoms. The van der Waals surface area contributed by atoms with Gasteiger partial charge in [0.25, 0.3) is 0 Å². The van der Waals surface area contributed by atoms with E-state index in [1.807, 2.05) is 0 Å². The van der Waals surface area contributed by atoms with Gasteiger partial charge in [0.2, 0.25) is 5.91 Å². The lowest BCUT2D eigenvalue weighted by molar-refractivity contribution is -0.159. The zero-order valence-electron chi connectivity index (χ0n) is 10.1. The zero-order valence-corrected chi connectivity index (χ0v) is 10.1. The number of esters is 2. The van der Waals surface area contributed by atoms with Gasteiger partial charge in [-0.3, -0.25) is 19.0 Å². The second-order valence-corrected chi connectivity index (χ2v) is 4.03. The summed E-state index contributed by atoms with van der Waals surface area (Å²) in [5, 5.41) is 0. The van der Waals surface area contributed by atoms with Crippen LogP contribution in [0.3, 0.4) is 0 Å². The summed E-state index contributed by atoms with van der Waals surface area (Å²) < 4.78 is 10.7. The maximum atomic E-state index is 11.7. The molecule has 0 saturated heterocycles. The van der Waals surface area contributed by atoms with E-state index < -0.39 is 23.8 Å². The van der Waals surface area contributed by atoms with Gasteiger partial charge in [-0.05, 0) is 12.1 Å². The molecule has 0 bridgehead atoms. The summed E-state index contributed by atoms with van der Waals surface area (Å²) in [6.45, 7) is 0. The fraction of sp³-hybridized carbons (Fsp3) is 0.417. The SMILES string of the molecule is COC(=O)C(C(=O)OC)C1CC(=O)n2cccc21. The molecule has 1 aromatic rings. The maximum Gasteiger partial charge on any atom is 0.320 e. The van der Waals surface area contributed by atoms with Gasteiger partial charge in [-0.25, -0.2) is 0 Å². The van der Waals surface area contributed by atoms with Crippen molar-refractivity contribution in [3.05, 3.63) is 24.0 Å². The zero-order chi connectivity index (χ0) is 13.3. The Hall–Kier alpha value is -2.11. The van der Waals surface area contributed by atoms with Crippen molar-refractivity contribution in [2.45, 2.75) is 12.3 Å². The molecule has 18 heavy (non-hydrogen) atoms. The number of hydrogen-bond donors (Lipinski definition) is 0. The van der Waals surface area contributed by atoms with Crippen molar-refractivity contribution in [3.8, 4) is 0 Å². The summed E-state index contributed by atoms with van der Waals surface area (Å²) in [6, 6.07) is 3.42. The fourth-order valence-electron chi connectivity index (χ4n) is 2.28. The molecule has 0 fully saturated rings. The highest BCUT2D eigenvalue weighted by Crippen LogP contribution is 2.36. The summed E-state index contributed by atoms with van der Waals surface area (Å²) in [6.07, 6.45) is 1.72. The molecule has 0 aromatic carbocycles. The first-order valence-electron chi connectivity index (χ1n) is 5.46. The third-order valence-electron chi connectivity index (χ3n) is 3.14. The van der Waals surface area contributed by atoms with Crippen molar-refractivity contribution in [1.82, 2.24) is 4.57 Å². The molecule has 1 aromatic heterocycles. The smallest absolute Gasteiger partial charge is 0.320 e. The maximum absolute atomic E-state index is 11.7. The van der Waals surface area contributed by atoms with Crippen molar-refractivity contribution >= 4 is 17.8 Å². The van der Waals surface area contributed by atoms with Gasteiger partial charge in [0.15, 0.2) is 5.92 Å². The minimum Gasteiger partial charge on any atom is -0.468 e. The number of rotatable bonds is 3. The molecule has 6 heteroatoms. The summed E-state index contributed by atoms with van der Waals surface area (Å²) in [5.74, 6) is -3.13. The summed E-state index contributed by atoms with van der Waals surface area (Å²) in [7, 11) is 2.40. The molecular formula is C12H13NO5. The van der Waals surface area contributed by atoms with Gasteiger partial charge in [0, 0.05) is 24.2 Å². The van der Waals surface area contributed by atoms with Gasteiger partial charge in [-0.15, -0.1) is 0 Å². The van der Waals surface area contributed by atoms with E-state index in [4.69, 9.17) is 0 Å². The molecule has 1 aliphatic heterocycles. The first kappa shape index (κ1) is 12.3. The van der Waals surface area contributed by atoms with Crippen molar-refractivity contribution in [2.24, 2.45) is 5.92 Å². The van der Waals surface area contributed by atoms with Crippen molar-refractivity contribution in [3.63, 3.8) is 0 Å². The average molecular weight is 251 g/mol. The number of methoxy groups -OCH3 is 2. The number of carbonyl (C=O) groups excluding carboxylic acids is 3. The van der Waals surface area contributed by atoms with E-state index in [-0.39, 0.29) is 12.3 Å². The van der Waals surface area contributed by atoms with E-state index in [0.29, 0.717) is 5.69 Å². The van der Waals surface area contributed by atoms with Crippen LogP contribution in [0.4, 0.5) is 0 Å². The van der Waals surface area contributed by atoms with Crippen molar-refractivity contribution in [2.75, 3.05) is 14.2 Å². The van der Waals surface area contributed by atoms with Crippen LogP contribution in [0.1, 0.15) is 22.8 Å². The number of ether oxygens (including phenoxy) is 2. The van der Waals surface area contributed by atoms with Crippen LogP contribution < -0.4 is 0 Å². The lowest BCUT2D eigenvalue weighted by Crippen LogP contribution is -2.31. The summed E-state index contributed by atoms with van der Waals surface area (Å²) in [4.78, 5) is 35.1. The average Bonchev–Trinajstić information content (AvgIpc) is 2.95. The molecule has 6 nitrogen and oxygen atoms in total. The van der Waals surface area contributed by atoms with Gasteiger partial charge >= 0.3 is 11.9 Å². The molecule has 0 radical (unpaired) electrons. The Bertz CT molecular complexity index is 488. The van der Waals surface area contributed by atoms with Crippen LogP contribution in [0.5, 0.6) is 0 Å². The van der Waals surface area contributed by atoms with Gasteiger partial charge in [0.05, 0.1) is 14.2 Å². The molecule has 1 atom stereocenters. The molecule has 2 heterocycles. The van der Waals surface area contributed by atoms with Gasteiger partial charge in [-0.1, -0.05) is 0 Å². The third kappa shape index (κ3) is 1.79. The van der Waals surface area contributed by atoms with Crippen molar-refractivity contribution < 1.29 is 23.9 Å². The first-order valence-corrected chi connectivity index (χ1v) is 5.46. The molecule has 2 rings (SSSR count). The van der Waals surface area contributed by atoms with Crippen LogP contribution >= 0.6 is 0 Å². The Kier molecular flexibility index (Phi) is 3.18.